The Morgan fingerprint density at radius 3 is 2.73 bits per heavy atom. The zero-order chi connectivity index (χ0) is 18.4. The fraction of sp³-hybridized carbons (Fsp3) is 0.200. The van der Waals surface area contributed by atoms with Crippen molar-refractivity contribution in [1.82, 2.24) is 5.32 Å². The summed E-state index contributed by atoms with van der Waals surface area (Å²) in [5.74, 6) is 0.361. The second kappa shape index (κ2) is 8.20. The molecule has 1 aliphatic rings. The van der Waals surface area contributed by atoms with Crippen LogP contribution in [0.5, 0.6) is 11.5 Å². The number of carbonyl (C=O) groups is 2. The number of carbonyl (C=O) groups excluding carboxylic acids is 2. The minimum Gasteiger partial charge on any atom is -0.454 e. The molecule has 3 rings (SSSR count). The van der Waals surface area contributed by atoms with Crippen LogP contribution < -0.4 is 14.8 Å². The number of nitrogens with one attached hydrogen (secondary N) is 1. The third-order valence-electron chi connectivity index (χ3n) is 3.83. The van der Waals surface area contributed by atoms with E-state index in [4.69, 9.17) is 14.2 Å². The molecule has 6 nitrogen and oxygen atoms in total. The van der Waals surface area contributed by atoms with Crippen LogP contribution in [0.1, 0.15) is 24.1 Å². The summed E-state index contributed by atoms with van der Waals surface area (Å²) in [7, 11) is 0. The minimum absolute atomic E-state index is 0.161. The molecule has 2 aromatic rings. The summed E-state index contributed by atoms with van der Waals surface area (Å²) in [6.45, 7) is 1.73. The van der Waals surface area contributed by atoms with Crippen molar-refractivity contribution in [2.75, 3.05) is 13.4 Å². The Balaban J connectivity index is 1.45. The van der Waals surface area contributed by atoms with Crippen molar-refractivity contribution in [3.63, 3.8) is 0 Å². The average molecular weight is 353 g/mol. The van der Waals surface area contributed by atoms with Crippen LogP contribution in [0.2, 0.25) is 0 Å². The first kappa shape index (κ1) is 17.5. The highest BCUT2D eigenvalue weighted by molar-refractivity contribution is 5.89. The lowest BCUT2D eigenvalue weighted by Crippen LogP contribution is -2.30. The number of ether oxygens (including phenoxy) is 3. The molecule has 0 spiro atoms. The van der Waals surface area contributed by atoms with Crippen LogP contribution in [0.25, 0.3) is 6.08 Å². The van der Waals surface area contributed by atoms with E-state index < -0.39 is 5.97 Å². The van der Waals surface area contributed by atoms with E-state index in [0.717, 1.165) is 11.1 Å². The van der Waals surface area contributed by atoms with E-state index in [-0.39, 0.29) is 25.3 Å². The van der Waals surface area contributed by atoms with Gasteiger partial charge in [0.1, 0.15) is 0 Å². The van der Waals surface area contributed by atoms with E-state index in [0.29, 0.717) is 11.5 Å². The molecule has 26 heavy (non-hydrogen) atoms. The van der Waals surface area contributed by atoms with Crippen LogP contribution in [-0.4, -0.2) is 25.3 Å². The van der Waals surface area contributed by atoms with E-state index in [2.05, 4.69) is 5.32 Å². The van der Waals surface area contributed by atoms with Crippen molar-refractivity contribution in [2.45, 2.75) is 13.0 Å². The number of amides is 1. The SMILES string of the molecule is CC(NC(=O)COC(=O)C=Cc1ccc2c(c1)OCO2)c1ccccc1. The highest BCUT2D eigenvalue weighted by atomic mass is 16.7. The number of benzene rings is 2. The maximum absolute atomic E-state index is 11.9. The Morgan fingerprint density at radius 1 is 1.15 bits per heavy atom. The first-order valence-corrected chi connectivity index (χ1v) is 8.20. The Morgan fingerprint density at radius 2 is 1.92 bits per heavy atom. The Labute approximate surface area is 151 Å². The van der Waals surface area contributed by atoms with Gasteiger partial charge in [-0.15, -0.1) is 0 Å². The Bertz CT molecular complexity index is 816. The largest absolute Gasteiger partial charge is 0.454 e. The van der Waals surface area contributed by atoms with Crippen molar-refractivity contribution in [2.24, 2.45) is 0 Å². The number of hydrogen-bond acceptors (Lipinski definition) is 5. The normalized spacial score (nSPS) is 13.4. The molecular weight excluding hydrogens is 334 g/mol. The highest BCUT2D eigenvalue weighted by Crippen LogP contribution is 2.32. The molecule has 1 amide bonds. The summed E-state index contributed by atoms with van der Waals surface area (Å²) in [6, 6.07) is 14.7. The van der Waals surface area contributed by atoms with Crippen molar-refractivity contribution in [3.8, 4) is 11.5 Å². The van der Waals surface area contributed by atoms with Gasteiger partial charge in [0.15, 0.2) is 18.1 Å². The fourth-order valence-electron chi connectivity index (χ4n) is 2.47. The first-order valence-electron chi connectivity index (χ1n) is 8.20. The topological polar surface area (TPSA) is 73.9 Å². The van der Waals surface area contributed by atoms with Crippen LogP contribution in [0, 0.1) is 0 Å². The van der Waals surface area contributed by atoms with Gasteiger partial charge in [0, 0.05) is 6.08 Å². The molecule has 6 heteroatoms. The van der Waals surface area contributed by atoms with Crippen LogP contribution >= 0.6 is 0 Å². The summed E-state index contributed by atoms with van der Waals surface area (Å²) in [6.07, 6.45) is 2.86. The second-order valence-electron chi connectivity index (χ2n) is 5.75. The summed E-state index contributed by atoms with van der Waals surface area (Å²) in [4.78, 5) is 23.7. The molecular formula is C20H19NO5. The Kier molecular flexibility index (Phi) is 5.53. The predicted octanol–water partition coefficient (Wildman–Crippen LogP) is 2.85. The smallest absolute Gasteiger partial charge is 0.331 e. The fourth-order valence-corrected chi connectivity index (χ4v) is 2.47. The standard InChI is InChI=1S/C20H19NO5/c1-14(16-5-3-2-4-6-16)21-19(22)12-24-20(23)10-8-15-7-9-17-18(11-15)26-13-25-17/h2-11,14H,12-13H2,1H3,(H,21,22). The van der Waals surface area contributed by atoms with Crippen LogP contribution in [0.3, 0.4) is 0 Å². The lowest BCUT2D eigenvalue weighted by molar-refractivity contribution is -0.144. The van der Waals surface area contributed by atoms with Gasteiger partial charge in [-0.05, 0) is 36.3 Å². The molecule has 134 valence electrons. The van der Waals surface area contributed by atoms with Crippen molar-refractivity contribution < 1.29 is 23.8 Å². The van der Waals surface area contributed by atoms with Gasteiger partial charge in [-0.1, -0.05) is 36.4 Å². The predicted molar refractivity (Wildman–Crippen MR) is 95.6 cm³/mol. The van der Waals surface area contributed by atoms with Gasteiger partial charge in [-0.25, -0.2) is 4.79 Å². The minimum atomic E-state index is -0.592. The molecule has 0 fully saturated rings. The molecule has 0 aliphatic carbocycles. The van der Waals surface area contributed by atoms with Gasteiger partial charge in [-0.3, -0.25) is 4.79 Å². The summed E-state index contributed by atoms with van der Waals surface area (Å²) in [5.41, 5.74) is 1.75. The monoisotopic (exact) mass is 353 g/mol. The van der Waals surface area contributed by atoms with Gasteiger partial charge in [0.2, 0.25) is 6.79 Å². The summed E-state index contributed by atoms with van der Waals surface area (Å²) in [5, 5.41) is 2.78. The quantitative estimate of drug-likeness (QED) is 0.638. The molecule has 2 aromatic carbocycles. The maximum Gasteiger partial charge on any atom is 0.331 e. The molecule has 0 saturated carbocycles. The Hall–Kier alpha value is -3.28. The van der Waals surface area contributed by atoms with Gasteiger partial charge in [0.25, 0.3) is 5.91 Å². The third kappa shape index (κ3) is 4.63. The van der Waals surface area contributed by atoms with Crippen LogP contribution in [0.4, 0.5) is 0 Å². The third-order valence-corrected chi connectivity index (χ3v) is 3.83. The van der Waals surface area contributed by atoms with Crippen molar-refractivity contribution >= 4 is 18.0 Å². The van der Waals surface area contributed by atoms with E-state index in [9.17, 15) is 9.59 Å². The zero-order valence-electron chi connectivity index (χ0n) is 14.3. The summed E-state index contributed by atoms with van der Waals surface area (Å²) >= 11 is 0. The van der Waals surface area contributed by atoms with Gasteiger partial charge in [0.05, 0.1) is 6.04 Å². The number of esters is 1. The molecule has 0 radical (unpaired) electrons. The molecule has 1 unspecified atom stereocenters. The molecule has 1 atom stereocenters. The first-order chi connectivity index (χ1) is 12.6. The molecule has 0 saturated heterocycles. The number of rotatable bonds is 6. The molecule has 1 heterocycles. The lowest BCUT2D eigenvalue weighted by Gasteiger charge is -2.13. The average Bonchev–Trinajstić information content (AvgIpc) is 3.13. The van der Waals surface area contributed by atoms with Crippen LogP contribution in [-0.2, 0) is 14.3 Å². The maximum atomic E-state index is 11.9. The van der Waals surface area contributed by atoms with Gasteiger partial charge >= 0.3 is 5.97 Å². The van der Waals surface area contributed by atoms with E-state index in [1.165, 1.54) is 6.08 Å². The van der Waals surface area contributed by atoms with E-state index in [1.54, 1.807) is 24.3 Å². The van der Waals surface area contributed by atoms with Gasteiger partial charge < -0.3 is 19.5 Å². The zero-order valence-corrected chi connectivity index (χ0v) is 14.3. The molecule has 1 N–H and O–H groups in total. The molecule has 0 bridgehead atoms. The molecule has 1 aliphatic heterocycles. The highest BCUT2D eigenvalue weighted by Gasteiger charge is 2.13. The number of fused-ring (bicyclic) bond motifs is 1. The lowest BCUT2D eigenvalue weighted by atomic mass is 10.1. The van der Waals surface area contributed by atoms with Crippen LogP contribution in [0.15, 0.2) is 54.6 Å². The van der Waals surface area contributed by atoms with Gasteiger partial charge in [-0.2, -0.15) is 0 Å². The van der Waals surface area contributed by atoms with E-state index >= 15 is 0 Å². The molecule has 0 aromatic heterocycles. The second-order valence-corrected chi connectivity index (χ2v) is 5.75. The van der Waals surface area contributed by atoms with Crippen molar-refractivity contribution in [1.29, 1.82) is 0 Å². The summed E-state index contributed by atoms with van der Waals surface area (Å²) < 4.78 is 15.5. The van der Waals surface area contributed by atoms with E-state index in [1.807, 2.05) is 37.3 Å². The van der Waals surface area contributed by atoms with Crippen molar-refractivity contribution in [3.05, 3.63) is 65.7 Å². The number of hydrogen-bond donors (Lipinski definition) is 1.